The molecule has 31 heavy (non-hydrogen) atoms. The van der Waals surface area contributed by atoms with E-state index < -0.39 is 8.80 Å². The van der Waals surface area contributed by atoms with Gasteiger partial charge in [0.2, 0.25) is 0 Å². The van der Waals surface area contributed by atoms with Gasteiger partial charge in [-0.05, 0) is 32.6 Å². The fourth-order valence-corrected chi connectivity index (χ4v) is 6.46. The van der Waals surface area contributed by atoms with Gasteiger partial charge in [0.1, 0.15) is 0 Å². The Morgan fingerprint density at radius 1 is 0.645 bits per heavy atom. The minimum atomic E-state index is -2.45. The summed E-state index contributed by atoms with van der Waals surface area (Å²) in [5.41, 5.74) is 6.25. The molecule has 0 bridgehead atoms. The molecule has 0 aromatic rings. The van der Waals surface area contributed by atoms with Crippen molar-refractivity contribution < 1.29 is 13.3 Å². The van der Waals surface area contributed by atoms with Crippen LogP contribution < -0.4 is 5.73 Å². The van der Waals surface area contributed by atoms with E-state index in [1.165, 1.54) is 96.3 Å². The second kappa shape index (κ2) is 19.5. The summed E-state index contributed by atoms with van der Waals surface area (Å²) in [5.74, 6) is 0.685. The Morgan fingerprint density at radius 2 is 1.03 bits per heavy atom. The molecule has 1 unspecified atom stereocenters. The molecule has 0 aromatic carbocycles. The molecule has 0 rings (SSSR count). The highest BCUT2D eigenvalue weighted by Crippen LogP contribution is 2.27. The zero-order valence-corrected chi connectivity index (χ0v) is 23.1. The predicted molar refractivity (Wildman–Crippen MR) is 138 cm³/mol. The third kappa shape index (κ3) is 18.2. The van der Waals surface area contributed by atoms with E-state index in [0.717, 1.165) is 18.9 Å². The van der Waals surface area contributed by atoms with E-state index in [-0.39, 0.29) is 5.54 Å². The van der Waals surface area contributed by atoms with Gasteiger partial charge in [0.05, 0.1) is 0 Å². The summed E-state index contributed by atoms with van der Waals surface area (Å²) >= 11 is 0. The van der Waals surface area contributed by atoms with Crippen LogP contribution in [0.15, 0.2) is 0 Å². The Balaban J connectivity index is 3.92. The average molecular weight is 460 g/mol. The summed E-state index contributed by atoms with van der Waals surface area (Å²) in [6, 6.07) is 0.886. The van der Waals surface area contributed by atoms with Crippen LogP contribution >= 0.6 is 0 Å². The van der Waals surface area contributed by atoms with Gasteiger partial charge in [0.25, 0.3) is 0 Å². The highest BCUT2D eigenvalue weighted by molar-refractivity contribution is 6.60. The highest BCUT2D eigenvalue weighted by Gasteiger charge is 2.37. The standard InChI is InChI=1S/C26H57NO3Si/c1-7-8-9-10-11-12-13-14-15-16-17-18-19-21-25(24-26(2,3)27)22-20-23-31(28-4,29-5)30-6/h25H,7-24,27H2,1-6H3. The Bertz CT molecular complexity index is 375. The number of rotatable bonds is 23. The van der Waals surface area contributed by atoms with Crippen molar-refractivity contribution in [2.45, 2.75) is 142 Å². The van der Waals surface area contributed by atoms with Gasteiger partial charge in [-0.1, -0.05) is 103 Å². The van der Waals surface area contributed by atoms with Crippen LogP contribution in [0.25, 0.3) is 0 Å². The summed E-state index contributed by atoms with van der Waals surface area (Å²) in [6.45, 7) is 6.60. The van der Waals surface area contributed by atoms with Gasteiger partial charge in [-0.3, -0.25) is 0 Å². The highest BCUT2D eigenvalue weighted by atomic mass is 28.4. The smallest absolute Gasteiger partial charge is 0.377 e. The number of hydrogen-bond donors (Lipinski definition) is 1. The van der Waals surface area contributed by atoms with Gasteiger partial charge >= 0.3 is 8.80 Å². The zero-order chi connectivity index (χ0) is 23.4. The monoisotopic (exact) mass is 459 g/mol. The van der Waals surface area contributed by atoms with E-state index in [1.807, 2.05) is 0 Å². The van der Waals surface area contributed by atoms with E-state index in [1.54, 1.807) is 21.3 Å². The van der Waals surface area contributed by atoms with Crippen LogP contribution in [-0.4, -0.2) is 35.7 Å². The predicted octanol–water partition coefficient (Wildman–Crippen LogP) is 7.87. The molecule has 0 radical (unpaired) electrons. The van der Waals surface area contributed by atoms with Gasteiger partial charge in [-0.15, -0.1) is 0 Å². The third-order valence-corrected chi connectivity index (χ3v) is 9.39. The van der Waals surface area contributed by atoms with Crippen molar-refractivity contribution in [3.05, 3.63) is 0 Å². The molecule has 0 saturated carbocycles. The number of nitrogens with two attached hydrogens (primary N) is 1. The van der Waals surface area contributed by atoms with Crippen LogP contribution in [0, 0.1) is 5.92 Å². The lowest BCUT2D eigenvalue weighted by molar-refractivity contribution is 0.122. The molecule has 1 atom stereocenters. The molecule has 0 heterocycles. The summed E-state index contributed by atoms with van der Waals surface area (Å²) in [6.07, 6.45) is 23.0. The minimum absolute atomic E-state index is 0.0977. The van der Waals surface area contributed by atoms with E-state index >= 15 is 0 Å². The maximum Gasteiger partial charge on any atom is 0.500 e. The molecule has 2 N–H and O–H groups in total. The van der Waals surface area contributed by atoms with Crippen molar-refractivity contribution in [3.8, 4) is 0 Å². The normalized spacial score (nSPS) is 13.6. The SMILES string of the molecule is CCCCCCCCCCCCCCCC(CCC[Si](OC)(OC)OC)CC(C)(C)N. The lowest BCUT2D eigenvalue weighted by Gasteiger charge is -2.28. The second-order valence-electron chi connectivity index (χ2n) is 10.3. The molecule has 5 heteroatoms. The van der Waals surface area contributed by atoms with Gasteiger partial charge in [0.15, 0.2) is 0 Å². The van der Waals surface area contributed by atoms with Gasteiger partial charge in [0, 0.05) is 32.9 Å². The van der Waals surface area contributed by atoms with Crippen LogP contribution in [0.4, 0.5) is 0 Å². The lowest BCUT2D eigenvalue weighted by atomic mass is 9.85. The van der Waals surface area contributed by atoms with Crippen LogP contribution in [0.3, 0.4) is 0 Å². The van der Waals surface area contributed by atoms with Gasteiger partial charge in [-0.25, -0.2) is 0 Å². The molecule has 0 amide bonds. The zero-order valence-electron chi connectivity index (χ0n) is 22.1. The molecule has 0 aliphatic rings. The van der Waals surface area contributed by atoms with Crippen molar-refractivity contribution in [1.29, 1.82) is 0 Å². The van der Waals surface area contributed by atoms with Crippen LogP contribution in [0.2, 0.25) is 6.04 Å². The van der Waals surface area contributed by atoms with Crippen molar-refractivity contribution in [2.75, 3.05) is 21.3 Å². The average Bonchev–Trinajstić information content (AvgIpc) is 2.73. The van der Waals surface area contributed by atoms with Gasteiger partial charge in [-0.2, -0.15) is 0 Å². The van der Waals surface area contributed by atoms with E-state index in [9.17, 15) is 0 Å². The quantitative estimate of drug-likeness (QED) is 0.125. The first-order valence-corrected chi connectivity index (χ1v) is 15.2. The Labute approximate surface area is 196 Å². The number of hydrogen-bond acceptors (Lipinski definition) is 4. The largest absolute Gasteiger partial charge is 0.500 e. The van der Waals surface area contributed by atoms with Crippen molar-refractivity contribution in [1.82, 2.24) is 0 Å². The Morgan fingerprint density at radius 3 is 1.42 bits per heavy atom. The fourth-order valence-electron chi connectivity index (χ4n) is 4.71. The second-order valence-corrected chi connectivity index (χ2v) is 13.4. The molecule has 0 fully saturated rings. The van der Waals surface area contributed by atoms with Crippen LogP contribution in [0.5, 0.6) is 0 Å². The van der Waals surface area contributed by atoms with E-state index in [2.05, 4.69) is 20.8 Å². The fraction of sp³-hybridized carbons (Fsp3) is 1.00. The molecular weight excluding hydrogens is 402 g/mol. The molecule has 0 aliphatic carbocycles. The molecule has 0 aliphatic heterocycles. The van der Waals surface area contributed by atoms with Crippen LogP contribution in [0.1, 0.15) is 130 Å². The Hall–Kier alpha value is 0.0569. The van der Waals surface area contributed by atoms with Crippen LogP contribution in [-0.2, 0) is 13.3 Å². The van der Waals surface area contributed by atoms with Crippen molar-refractivity contribution in [3.63, 3.8) is 0 Å². The molecule has 0 aromatic heterocycles. The maximum absolute atomic E-state index is 6.35. The van der Waals surface area contributed by atoms with Gasteiger partial charge < -0.3 is 19.0 Å². The molecule has 0 saturated heterocycles. The summed E-state index contributed by atoms with van der Waals surface area (Å²) in [5, 5.41) is 0. The summed E-state index contributed by atoms with van der Waals surface area (Å²) < 4.78 is 16.7. The van der Waals surface area contributed by atoms with Crippen molar-refractivity contribution >= 4 is 8.80 Å². The molecule has 188 valence electrons. The first-order chi connectivity index (χ1) is 14.8. The summed E-state index contributed by atoms with van der Waals surface area (Å²) in [4.78, 5) is 0. The minimum Gasteiger partial charge on any atom is -0.377 e. The van der Waals surface area contributed by atoms with E-state index in [0.29, 0.717) is 5.92 Å². The van der Waals surface area contributed by atoms with Crippen molar-refractivity contribution in [2.24, 2.45) is 11.7 Å². The third-order valence-electron chi connectivity index (χ3n) is 6.56. The molecule has 4 nitrogen and oxygen atoms in total. The lowest BCUT2D eigenvalue weighted by Crippen LogP contribution is -2.42. The van der Waals surface area contributed by atoms with E-state index in [4.69, 9.17) is 19.0 Å². The molecular formula is C26H57NO3Si. The number of unbranched alkanes of at least 4 members (excludes halogenated alkanes) is 12. The topological polar surface area (TPSA) is 53.7 Å². The maximum atomic E-state index is 6.35. The first-order valence-electron chi connectivity index (χ1n) is 13.3. The first kappa shape index (κ1) is 31.1. The molecule has 0 spiro atoms. The Kier molecular flexibility index (Phi) is 19.6. The summed E-state index contributed by atoms with van der Waals surface area (Å²) in [7, 11) is 2.66.